The normalized spacial score (nSPS) is 15.3. The van der Waals surface area contributed by atoms with Gasteiger partial charge in [0.25, 0.3) is 0 Å². The lowest BCUT2D eigenvalue weighted by atomic mass is 9.74. The molecule has 0 N–H and O–H groups in total. The number of Topliss-reactive ketones (excluding diaryl/α,β-unsaturated/α-hetero) is 2. The molecule has 0 saturated heterocycles. The largest absolute Gasteiger partial charge is 0.336 e. The van der Waals surface area contributed by atoms with Crippen LogP contribution in [0.3, 0.4) is 0 Å². The average Bonchev–Trinajstić information content (AvgIpc) is 3.54. The molecule has 1 aromatic heterocycles. The maximum atomic E-state index is 13.5. The van der Waals surface area contributed by atoms with E-state index in [-0.39, 0.29) is 22.6 Å². The summed E-state index contributed by atoms with van der Waals surface area (Å²) in [5.74, 6) is 0.458. The fourth-order valence-electron chi connectivity index (χ4n) is 7.07. The zero-order valence-electron chi connectivity index (χ0n) is 26.4. The summed E-state index contributed by atoms with van der Waals surface area (Å²) >= 11 is 1.64. The van der Waals surface area contributed by atoms with E-state index < -0.39 is 0 Å². The average molecular weight is 596 g/mol. The molecule has 0 radical (unpaired) electrons. The van der Waals surface area contributed by atoms with E-state index >= 15 is 0 Å². The first-order valence-electron chi connectivity index (χ1n) is 15.5. The quantitative estimate of drug-likeness (QED) is 0.153. The number of ketones is 2. The third-order valence-electron chi connectivity index (χ3n) is 9.55. The first kappa shape index (κ1) is 28.5. The number of thiophene rings is 1. The Balaban J connectivity index is 1.31. The van der Waals surface area contributed by atoms with Crippen LogP contribution in [0.2, 0.25) is 0 Å². The van der Waals surface area contributed by atoms with Gasteiger partial charge in [0.05, 0.1) is 10.6 Å². The van der Waals surface area contributed by atoms with Crippen molar-refractivity contribution >= 4 is 50.4 Å². The summed E-state index contributed by atoms with van der Waals surface area (Å²) in [5, 5.41) is 3.09. The van der Waals surface area contributed by atoms with E-state index in [0.717, 1.165) is 20.7 Å². The lowest BCUT2D eigenvalue weighted by molar-refractivity contribution is 0.0990. The van der Waals surface area contributed by atoms with Gasteiger partial charge in [-0.1, -0.05) is 90.1 Å². The summed E-state index contributed by atoms with van der Waals surface area (Å²) in [7, 11) is 2.12. The molecule has 2 aliphatic rings. The number of allylic oxidation sites excluding steroid dienone is 1. The number of carbonyl (C=O) groups is 2. The van der Waals surface area contributed by atoms with Crippen molar-refractivity contribution in [3.8, 4) is 11.1 Å². The highest BCUT2D eigenvalue weighted by Gasteiger charge is 2.38. The lowest BCUT2D eigenvalue weighted by Gasteiger charge is -2.38. The van der Waals surface area contributed by atoms with Crippen LogP contribution >= 0.6 is 11.3 Å². The third-order valence-corrected chi connectivity index (χ3v) is 10.7. The Morgan fingerprint density at radius 1 is 0.727 bits per heavy atom. The number of fused-ring (bicyclic) bond motifs is 4. The summed E-state index contributed by atoms with van der Waals surface area (Å²) in [4.78, 5) is 30.2. The van der Waals surface area contributed by atoms with Crippen LogP contribution in [0.5, 0.6) is 0 Å². The molecule has 220 valence electrons. The smallest absolute Gasteiger partial charge is 0.197 e. The topological polar surface area (TPSA) is 37.4 Å². The molecule has 0 unspecified atom stereocenters. The first-order valence-corrected chi connectivity index (χ1v) is 16.3. The molecule has 4 aromatic carbocycles. The molecule has 1 aliphatic heterocycles. The van der Waals surface area contributed by atoms with Crippen LogP contribution in [0.25, 0.3) is 28.0 Å². The second kappa shape index (κ2) is 10.1. The Bertz CT molecular complexity index is 1970. The van der Waals surface area contributed by atoms with Crippen molar-refractivity contribution in [1.82, 2.24) is 0 Å². The summed E-state index contributed by atoms with van der Waals surface area (Å²) in [6.45, 7) is 13.7. The maximum absolute atomic E-state index is 13.5. The minimum atomic E-state index is -0.268. The molecule has 2 heterocycles. The molecule has 0 fully saturated rings. The minimum Gasteiger partial charge on any atom is -0.336 e. The Hall–Kier alpha value is -4.28. The van der Waals surface area contributed by atoms with E-state index in [1.165, 1.54) is 39.1 Å². The Kier molecular flexibility index (Phi) is 6.56. The van der Waals surface area contributed by atoms with Crippen LogP contribution in [0.15, 0.2) is 84.4 Å². The molecule has 1 aliphatic carbocycles. The highest BCUT2D eigenvalue weighted by atomic mass is 32.1. The molecular formula is C40H37NO2S. The summed E-state index contributed by atoms with van der Waals surface area (Å²) in [6, 6.07) is 27.4. The predicted octanol–water partition coefficient (Wildman–Crippen LogP) is 10.7. The number of rotatable bonds is 4. The summed E-state index contributed by atoms with van der Waals surface area (Å²) < 4.78 is 0. The fourth-order valence-corrected chi connectivity index (χ4v) is 8.31. The fraction of sp³-hybridized carbons (Fsp3) is 0.250. The zero-order chi connectivity index (χ0) is 31.1. The second-order valence-electron chi connectivity index (χ2n) is 13.4. The van der Waals surface area contributed by atoms with Crippen molar-refractivity contribution in [3.05, 3.63) is 123 Å². The molecule has 0 saturated carbocycles. The van der Waals surface area contributed by atoms with Gasteiger partial charge in [0.15, 0.2) is 11.6 Å². The monoisotopic (exact) mass is 595 g/mol. The lowest BCUT2D eigenvalue weighted by Crippen LogP contribution is -2.29. The van der Waals surface area contributed by atoms with E-state index in [0.29, 0.717) is 23.0 Å². The van der Waals surface area contributed by atoms with E-state index in [9.17, 15) is 9.59 Å². The van der Waals surface area contributed by atoms with Gasteiger partial charge < -0.3 is 4.90 Å². The van der Waals surface area contributed by atoms with Crippen LogP contribution in [0.4, 0.5) is 10.7 Å². The van der Waals surface area contributed by atoms with E-state index in [1.807, 2.05) is 42.5 Å². The van der Waals surface area contributed by atoms with Crippen molar-refractivity contribution < 1.29 is 9.59 Å². The number of nitrogens with zero attached hydrogens (tertiary/aromatic N) is 1. The van der Waals surface area contributed by atoms with Gasteiger partial charge in [-0.05, 0) is 92.4 Å². The molecule has 0 amide bonds. The van der Waals surface area contributed by atoms with E-state index in [4.69, 9.17) is 0 Å². The Morgan fingerprint density at radius 3 is 1.89 bits per heavy atom. The van der Waals surface area contributed by atoms with Gasteiger partial charge in [-0.3, -0.25) is 9.59 Å². The van der Waals surface area contributed by atoms with Gasteiger partial charge in [-0.15, -0.1) is 11.3 Å². The van der Waals surface area contributed by atoms with Crippen molar-refractivity contribution in [1.29, 1.82) is 0 Å². The first-order chi connectivity index (χ1) is 21.0. The minimum absolute atomic E-state index is 0.188. The number of hydrogen-bond acceptors (Lipinski definition) is 4. The number of hydrogen-bond donors (Lipinski definition) is 0. The number of benzene rings is 4. The SMILES string of the molecule is CC(C)c1cccc(C(C)C)c1-c1ccc2c(c1)C(C)(C)c1cc(C=C3C(=O)c4cc5ccccc5cc4C3=O)sc1N2C. The van der Waals surface area contributed by atoms with Crippen LogP contribution < -0.4 is 4.90 Å². The van der Waals surface area contributed by atoms with Gasteiger partial charge in [0, 0.05) is 34.2 Å². The number of carbonyl (C=O) groups excluding carboxylic acids is 2. The Labute approximate surface area is 263 Å². The van der Waals surface area contributed by atoms with Crippen molar-refractivity contribution in [2.24, 2.45) is 0 Å². The highest BCUT2D eigenvalue weighted by molar-refractivity contribution is 7.17. The van der Waals surface area contributed by atoms with Gasteiger partial charge >= 0.3 is 0 Å². The molecule has 4 heteroatoms. The van der Waals surface area contributed by atoms with Crippen LogP contribution in [-0.2, 0) is 5.41 Å². The van der Waals surface area contributed by atoms with Crippen LogP contribution in [-0.4, -0.2) is 18.6 Å². The zero-order valence-corrected chi connectivity index (χ0v) is 27.2. The number of anilines is 2. The van der Waals surface area contributed by atoms with Crippen LogP contribution in [0.1, 0.15) is 101 Å². The van der Waals surface area contributed by atoms with Gasteiger partial charge in [0.2, 0.25) is 0 Å². The summed E-state index contributed by atoms with van der Waals surface area (Å²) in [5.41, 5.74) is 10.0. The van der Waals surface area contributed by atoms with E-state index in [2.05, 4.69) is 96.0 Å². The molecule has 0 atom stereocenters. The van der Waals surface area contributed by atoms with Crippen molar-refractivity contribution in [2.75, 3.05) is 11.9 Å². The Morgan fingerprint density at radius 2 is 1.32 bits per heavy atom. The van der Waals surface area contributed by atoms with Gasteiger partial charge in [-0.2, -0.15) is 0 Å². The molecule has 3 nitrogen and oxygen atoms in total. The summed E-state index contributed by atoms with van der Waals surface area (Å²) in [6.07, 6.45) is 1.81. The molecule has 0 spiro atoms. The van der Waals surface area contributed by atoms with E-state index in [1.54, 1.807) is 11.3 Å². The second-order valence-corrected chi connectivity index (χ2v) is 14.4. The molecular weight excluding hydrogens is 559 g/mol. The van der Waals surface area contributed by atoms with Crippen molar-refractivity contribution in [2.45, 2.75) is 58.8 Å². The molecule has 7 rings (SSSR count). The van der Waals surface area contributed by atoms with Crippen LogP contribution in [0, 0.1) is 0 Å². The molecule has 0 bridgehead atoms. The van der Waals surface area contributed by atoms with Gasteiger partial charge in [0.1, 0.15) is 0 Å². The van der Waals surface area contributed by atoms with Crippen molar-refractivity contribution in [3.63, 3.8) is 0 Å². The predicted molar refractivity (Wildman–Crippen MR) is 185 cm³/mol. The van der Waals surface area contributed by atoms with Gasteiger partial charge in [-0.25, -0.2) is 0 Å². The maximum Gasteiger partial charge on any atom is 0.197 e. The highest BCUT2D eigenvalue weighted by Crippen LogP contribution is 2.53. The molecule has 44 heavy (non-hydrogen) atoms. The third kappa shape index (κ3) is 4.22. The standard InChI is InChI=1S/C40H37NO2S/c1-22(2)28-13-10-14-29(23(3)4)36(28)26-15-16-35-33(19-26)40(5,6)34-21-27(44-39(34)41(35)7)20-32-37(42)30-17-24-11-8-9-12-25(24)18-31(30)38(32)43/h8-23H,1-7H3. The molecule has 5 aromatic rings.